The lowest BCUT2D eigenvalue weighted by Gasteiger charge is -2.21. The summed E-state index contributed by atoms with van der Waals surface area (Å²) in [6, 6.07) is 0. The van der Waals surface area contributed by atoms with Crippen LogP contribution in [0.1, 0.15) is 350 Å². The summed E-state index contributed by atoms with van der Waals surface area (Å²) in [6.45, 7) is 9.35. The summed E-state index contributed by atoms with van der Waals surface area (Å²) < 4.78 is 67.9. The number of rotatable bonds is 68. The lowest BCUT2D eigenvalue weighted by Crippen LogP contribution is -2.30. The number of hydrogen-bond donors (Lipinski definition) is 3. The minimum absolute atomic E-state index is 0.102. The van der Waals surface area contributed by atoms with E-state index in [9.17, 15) is 43.2 Å². The third kappa shape index (κ3) is 61.6. The summed E-state index contributed by atoms with van der Waals surface area (Å²) in [4.78, 5) is 72.1. The summed E-state index contributed by atoms with van der Waals surface area (Å²) in [5, 5.41) is 10.5. The van der Waals surface area contributed by atoms with Gasteiger partial charge in [-0.05, 0) is 37.5 Å². The molecule has 0 fully saturated rings. The highest BCUT2D eigenvalue weighted by Crippen LogP contribution is 2.45. The third-order valence-corrected chi connectivity index (χ3v) is 18.2. The molecule has 0 aromatic heterocycles. The molecule has 0 bridgehead atoms. The van der Waals surface area contributed by atoms with Crippen LogP contribution < -0.4 is 0 Å². The van der Waals surface area contributed by atoms with Crippen LogP contribution in [0.4, 0.5) is 0 Å². The minimum atomic E-state index is -4.95. The van der Waals surface area contributed by atoms with Crippen LogP contribution in [-0.4, -0.2) is 96.7 Å². The van der Waals surface area contributed by atoms with Crippen molar-refractivity contribution in [3.05, 3.63) is 0 Å². The van der Waals surface area contributed by atoms with Gasteiger partial charge in [0.1, 0.15) is 19.3 Å². The van der Waals surface area contributed by atoms with Crippen LogP contribution in [0.15, 0.2) is 0 Å². The normalized spacial score (nSPS) is 14.5. The lowest BCUT2D eigenvalue weighted by molar-refractivity contribution is -0.161. The molecule has 17 nitrogen and oxygen atoms in total. The van der Waals surface area contributed by atoms with Gasteiger partial charge in [-0.25, -0.2) is 9.13 Å². The van der Waals surface area contributed by atoms with E-state index in [-0.39, 0.29) is 25.7 Å². The Hall–Kier alpha value is -1.94. The van der Waals surface area contributed by atoms with E-state index >= 15 is 0 Å². The van der Waals surface area contributed by atoms with Crippen LogP contribution in [0.25, 0.3) is 0 Å². The highest BCUT2D eigenvalue weighted by Gasteiger charge is 2.30. The van der Waals surface area contributed by atoms with E-state index in [4.69, 9.17) is 37.0 Å². The van der Waals surface area contributed by atoms with E-state index in [2.05, 4.69) is 41.5 Å². The number of esters is 4. The van der Waals surface area contributed by atoms with Gasteiger partial charge < -0.3 is 33.8 Å². The largest absolute Gasteiger partial charge is 0.472 e. The second kappa shape index (κ2) is 61.3. The summed E-state index contributed by atoms with van der Waals surface area (Å²) >= 11 is 0. The van der Waals surface area contributed by atoms with Crippen LogP contribution >= 0.6 is 15.6 Å². The van der Waals surface area contributed by atoms with Crippen LogP contribution in [0, 0.1) is 11.8 Å². The van der Waals surface area contributed by atoms with Crippen molar-refractivity contribution in [3.8, 4) is 0 Å². The Labute approximate surface area is 537 Å². The fourth-order valence-corrected chi connectivity index (χ4v) is 12.0. The van der Waals surface area contributed by atoms with Crippen molar-refractivity contribution in [2.75, 3.05) is 39.6 Å². The Balaban J connectivity index is 5.07. The third-order valence-electron chi connectivity index (χ3n) is 16.3. The van der Waals surface area contributed by atoms with Gasteiger partial charge in [0, 0.05) is 25.7 Å². The quantitative estimate of drug-likeness (QED) is 0.0222. The van der Waals surface area contributed by atoms with Crippen LogP contribution in [0.2, 0.25) is 0 Å². The Bertz CT molecular complexity index is 1720. The molecule has 522 valence electrons. The van der Waals surface area contributed by atoms with Crippen molar-refractivity contribution in [1.82, 2.24) is 0 Å². The molecule has 88 heavy (non-hydrogen) atoms. The van der Waals surface area contributed by atoms with Gasteiger partial charge in [0.15, 0.2) is 12.2 Å². The highest BCUT2D eigenvalue weighted by molar-refractivity contribution is 7.47. The number of phosphoric ester groups is 2. The van der Waals surface area contributed by atoms with Gasteiger partial charge >= 0.3 is 39.5 Å². The Morgan fingerprint density at radius 3 is 0.864 bits per heavy atom. The first kappa shape index (κ1) is 86.1. The van der Waals surface area contributed by atoms with Gasteiger partial charge in [-0.3, -0.25) is 37.3 Å². The fraction of sp³-hybridized carbons (Fsp3) is 0.942. The number of carbonyl (C=O) groups is 4. The molecule has 0 spiro atoms. The first-order valence-electron chi connectivity index (χ1n) is 36.0. The Kier molecular flexibility index (Phi) is 59.9. The van der Waals surface area contributed by atoms with Crippen molar-refractivity contribution in [1.29, 1.82) is 0 Å². The van der Waals surface area contributed by atoms with E-state index < -0.39 is 97.5 Å². The van der Waals surface area contributed by atoms with Crippen LogP contribution in [-0.2, 0) is 65.4 Å². The van der Waals surface area contributed by atoms with Crippen molar-refractivity contribution >= 4 is 39.5 Å². The number of phosphoric acid groups is 2. The van der Waals surface area contributed by atoms with E-state index in [0.29, 0.717) is 25.7 Å². The zero-order chi connectivity index (χ0) is 65.0. The number of carbonyl (C=O) groups excluding carboxylic acids is 4. The van der Waals surface area contributed by atoms with E-state index in [1.807, 2.05) is 0 Å². The van der Waals surface area contributed by atoms with E-state index in [1.54, 1.807) is 0 Å². The fourth-order valence-electron chi connectivity index (χ4n) is 10.4. The molecule has 3 N–H and O–H groups in total. The monoisotopic (exact) mass is 1300 g/mol. The number of aliphatic hydroxyl groups is 1. The van der Waals surface area contributed by atoms with Gasteiger partial charge in [0.05, 0.1) is 26.4 Å². The smallest absolute Gasteiger partial charge is 0.462 e. The zero-order valence-electron chi connectivity index (χ0n) is 57.0. The molecule has 0 radical (unpaired) electrons. The summed E-state index contributed by atoms with van der Waals surface area (Å²) in [5.41, 5.74) is 0. The van der Waals surface area contributed by atoms with Crippen LogP contribution in [0.3, 0.4) is 0 Å². The first-order valence-corrected chi connectivity index (χ1v) is 39.0. The maximum Gasteiger partial charge on any atom is 0.472 e. The number of unbranched alkanes of at least 4 members (excludes halogenated alkanes) is 37. The predicted octanol–water partition coefficient (Wildman–Crippen LogP) is 19.6. The second-order valence-electron chi connectivity index (χ2n) is 25.6. The van der Waals surface area contributed by atoms with Crippen molar-refractivity contribution in [2.24, 2.45) is 11.8 Å². The second-order valence-corrected chi connectivity index (χ2v) is 28.5. The van der Waals surface area contributed by atoms with E-state index in [1.165, 1.54) is 161 Å². The molecule has 0 aromatic rings. The maximum atomic E-state index is 13.0. The zero-order valence-corrected chi connectivity index (χ0v) is 58.8. The van der Waals surface area contributed by atoms with Crippen molar-refractivity contribution in [3.63, 3.8) is 0 Å². The summed E-state index contributed by atoms with van der Waals surface area (Å²) in [5.74, 6) is -0.696. The number of hydrogen-bond acceptors (Lipinski definition) is 15. The average molecular weight is 1300 g/mol. The van der Waals surface area contributed by atoms with Gasteiger partial charge in [-0.1, -0.05) is 298 Å². The van der Waals surface area contributed by atoms with Gasteiger partial charge in [0.25, 0.3) is 0 Å². The molecule has 3 unspecified atom stereocenters. The molecule has 6 atom stereocenters. The Morgan fingerprint density at radius 1 is 0.330 bits per heavy atom. The highest BCUT2D eigenvalue weighted by atomic mass is 31.2. The molecule has 0 rings (SSSR count). The molecule has 0 aliphatic rings. The standard InChI is InChI=1S/C69H134O17P2/c1-7-10-12-14-15-16-17-18-19-20-21-22-23-24-25-26-27-28-29-34-41-47-53-68(73)85-65(58-80-67(72)52-46-40-33-31-30-32-38-43-49-61(4)5)60-84-88(77,78)82-56-63(70)55-81-87(75,76)83-59-64(57-79-66(71)51-45-37-13-11-8-2)86-69(74)54-48-42-36-35-39-44-50-62(6)9-3/h61-65,70H,7-60H2,1-6H3,(H,75,76)(H,77,78)/t62?,63-,64+,65+/m0/s1. The average Bonchev–Trinajstić information content (AvgIpc) is 3.71. The van der Waals surface area contributed by atoms with Gasteiger partial charge in [-0.15, -0.1) is 0 Å². The Morgan fingerprint density at radius 2 is 0.580 bits per heavy atom. The summed E-state index contributed by atoms with van der Waals surface area (Å²) in [7, 11) is -9.89. The van der Waals surface area contributed by atoms with Gasteiger partial charge in [-0.2, -0.15) is 0 Å². The molecule has 0 amide bonds. The van der Waals surface area contributed by atoms with Crippen molar-refractivity contribution < 1.29 is 80.2 Å². The first-order chi connectivity index (χ1) is 42.4. The predicted molar refractivity (Wildman–Crippen MR) is 354 cm³/mol. The molecule has 19 heteroatoms. The molecule has 0 saturated heterocycles. The topological polar surface area (TPSA) is 237 Å². The van der Waals surface area contributed by atoms with Crippen LogP contribution in [0.5, 0.6) is 0 Å². The van der Waals surface area contributed by atoms with E-state index in [0.717, 1.165) is 108 Å². The minimum Gasteiger partial charge on any atom is -0.462 e. The van der Waals surface area contributed by atoms with Crippen molar-refractivity contribution in [2.45, 2.75) is 368 Å². The SMILES string of the molecule is CCCCCCCCCCCCCCCCCCCCCCCCC(=O)O[C@H](COC(=O)CCCCCCCCCCC(C)C)COP(=O)(O)OC[C@@H](O)COP(=O)(O)OC[C@@H](COC(=O)CCCCCCC)OC(=O)CCCCCCCCC(C)CC. The molecular formula is C69H134O17P2. The number of aliphatic hydroxyl groups excluding tert-OH is 1. The molecule has 0 aromatic carbocycles. The molecule has 0 aliphatic carbocycles. The lowest BCUT2D eigenvalue weighted by atomic mass is 10.00. The molecule has 0 aliphatic heterocycles. The number of ether oxygens (including phenoxy) is 4. The maximum absolute atomic E-state index is 13.0. The molecular weight excluding hydrogens is 1160 g/mol. The molecule has 0 heterocycles. The summed E-state index contributed by atoms with van der Waals surface area (Å²) in [6.07, 6.45) is 46.6. The molecule has 0 saturated carbocycles. The van der Waals surface area contributed by atoms with Gasteiger partial charge in [0.2, 0.25) is 0 Å².